The molecule has 2 amide bonds. The molecule has 3 heterocycles. The summed E-state index contributed by atoms with van der Waals surface area (Å²) >= 11 is 0. The van der Waals surface area contributed by atoms with Gasteiger partial charge < -0.3 is 5.32 Å². The number of likely N-dealkylation sites (N-methyl/N-ethyl adjacent to an activating group) is 1. The highest BCUT2D eigenvalue weighted by Gasteiger charge is 2.39. The summed E-state index contributed by atoms with van der Waals surface area (Å²) in [6.07, 6.45) is 1.89. The SMILES string of the molecule is Cc1cc2n(n1)CC[C@H](NC(=O)c1ncn(CC3CCC(F)(F)C3)n1)C(=O)N2C. The molecule has 0 aromatic carbocycles. The molecule has 1 aliphatic carbocycles. The summed E-state index contributed by atoms with van der Waals surface area (Å²) in [7, 11) is 1.64. The van der Waals surface area contributed by atoms with Crippen LogP contribution in [0.1, 0.15) is 42.0 Å². The lowest BCUT2D eigenvalue weighted by Gasteiger charge is -2.19. The average molecular weight is 407 g/mol. The zero-order valence-electron chi connectivity index (χ0n) is 16.3. The normalized spacial score (nSPS) is 23.7. The van der Waals surface area contributed by atoms with Crippen molar-refractivity contribution in [2.75, 3.05) is 11.9 Å². The smallest absolute Gasteiger partial charge is 0.291 e. The van der Waals surface area contributed by atoms with Gasteiger partial charge in [0.2, 0.25) is 11.7 Å². The van der Waals surface area contributed by atoms with Crippen molar-refractivity contribution in [2.24, 2.45) is 5.92 Å². The van der Waals surface area contributed by atoms with Crippen molar-refractivity contribution in [3.63, 3.8) is 0 Å². The predicted molar refractivity (Wildman–Crippen MR) is 98.6 cm³/mol. The number of halogens is 2. The van der Waals surface area contributed by atoms with Gasteiger partial charge in [0.1, 0.15) is 18.2 Å². The topological polar surface area (TPSA) is 97.9 Å². The Kier molecular flexibility index (Phi) is 4.83. The number of hydrogen-bond acceptors (Lipinski definition) is 5. The van der Waals surface area contributed by atoms with Crippen LogP contribution in [-0.4, -0.2) is 55.4 Å². The first kappa shape index (κ1) is 19.5. The van der Waals surface area contributed by atoms with E-state index in [1.54, 1.807) is 11.7 Å². The quantitative estimate of drug-likeness (QED) is 0.826. The molecule has 2 aromatic rings. The van der Waals surface area contributed by atoms with Crippen molar-refractivity contribution >= 4 is 17.6 Å². The standard InChI is InChI=1S/C18H23F2N7O2/c1-11-7-14-25(2)17(29)13(4-6-27(14)23-11)22-16(28)15-21-10-26(24-15)9-12-3-5-18(19,20)8-12/h7,10,12-13H,3-6,8-9H2,1-2H3,(H,22,28)/t12?,13-/m0/s1. The Balaban J connectivity index is 1.39. The van der Waals surface area contributed by atoms with Crippen LogP contribution in [0.4, 0.5) is 14.6 Å². The second-order valence-electron chi connectivity index (χ2n) is 7.83. The number of nitrogens with zero attached hydrogens (tertiary/aromatic N) is 6. The molecule has 2 aliphatic rings. The minimum atomic E-state index is -2.62. The molecule has 1 saturated carbocycles. The summed E-state index contributed by atoms with van der Waals surface area (Å²) < 4.78 is 29.8. The van der Waals surface area contributed by atoms with E-state index in [1.807, 2.05) is 13.0 Å². The average Bonchev–Trinajstić information content (AvgIpc) is 3.34. The van der Waals surface area contributed by atoms with Crippen molar-refractivity contribution in [3.05, 3.63) is 23.9 Å². The number of hydrogen-bond donors (Lipinski definition) is 1. The summed E-state index contributed by atoms with van der Waals surface area (Å²) in [5, 5.41) is 11.1. The zero-order chi connectivity index (χ0) is 20.8. The minimum absolute atomic E-state index is 0.0805. The van der Waals surface area contributed by atoms with E-state index in [2.05, 4.69) is 20.5 Å². The Hall–Kier alpha value is -2.85. The maximum Gasteiger partial charge on any atom is 0.291 e. The third-order valence-electron chi connectivity index (χ3n) is 5.48. The number of rotatable bonds is 4. The number of nitrogens with one attached hydrogen (secondary N) is 1. The van der Waals surface area contributed by atoms with Crippen molar-refractivity contribution in [1.82, 2.24) is 29.9 Å². The Labute approximate surface area is 166 Å². The third kappa shape index (κ3) is 3.99. The molecule has 156 valence electrons. The number of carbonyl (C=O) groups excluding carboxylic acids is 2. The van der Waals surface area contributed by atoms with Crippen LogP contribution in [-0.2, 0) is 17.9 Å². The van der Waals surface area contributed by atoms with E-state index in [4.69, 9.17) is 0 Å². The van der Waals surface area contributed by atoms with Gasteiger partial charge in [0.05, 0.1) is 5.69 Å². The summed E-state index contributed by atoms with van der Waals surface area (Å²) in [4.78, 5) is 30.7. The van der Waals surface area contributed by atoms with Gasteiger partial charge in [0.25, 0.3) is 11.8 Å². The molecular weight excluding hydrogens is 384 g/mol. The van der Waals surface area contributed by atoms with Gasteiger partial charge >= 0.3 is 0 Å². The van der Waals surface area contributed by atoms with Crippen LogP contribution in [0, 0.1) is 12.8 Å². The van der Waals surface area contributed by atoms with Crippen LogP contribution in [0.15, 0.2) is 12.4 Å². The van der Waals surface area contributed by atoms with Gasteiger partial charge in [-0.05, 0) is 25.7 Å². The molecule has 1 aliphatic heterocycles. The number of amides is 2. The molecule has 2 aromatic heterocycles. The Morgan fingerprint density at radius 3 is 2.86 bits per heavy atom. The van der Waals surface area contributed by atoms with Crippen LogP contribution >= 0.6 is 0 Å². The van der Waals surface area contributed by atoms with E-state index >= 15 is 0 Å². The zero-order valence-corrected chi connectivity index (χ0v) is 16.3. The van der Waals surface area contributed by atoms with Crippen LogP contribution < -0.4 is 10.2 Å². The summed E-state index contributed by atoms with van der Waals surface area (Å²) in [6.45, 7) is 2.64. The molecule has 11 heteroatoms. The van der Waals surface area contributed by atoms with Crippen LogP contribution in [0.3, 0.4) is 0 Å². The first-order chi connectivity index (χ1) is 13.7. The Morgan fingerprint density at radius 2 is 2.14 bits per heavy atom. The van der Waals surface area contributed by atoms with Crippen LogP contribution in [0.5, 0.6) is 0 Å². The lowest BCUT2D eigenvalue weighted by molar-refractivity contribution is -0.120. The molecule has 0 saturated heterocycles. The van der Waals surface area contributed by atoms with Crippen LogP contribution in [0.25, 0.3) is 0 Å². The number of aryl methyl sites for hydroxylation is 2. The van der Waals surface area contributed by atoms with Crippen molar-refractivity contribution in [1.29, 1.82) is 0 Å². The molecule has 1 fully saturated rings. The highest BCUT2D eigenvalue weighted by Crippen LogP contribution is 2.39. The number of carbonyl (C=O) groups is 2. The van der Waals surface area contributed by atoms with Gasteiger partial charge in [-0.25, -0.2) is 18.4 Å². The van der Waals surface area contributed by atoms with Crippen molar-refractivity contribution in [3.8, 4) is 0 Å². The number of anilines is 1. The van der Waals surface area contributed by atoms with Gasteiger partial charge in [0.15, 0.2) is 0 Å². The van der Waals surface area contributed by atoms with Crippen molar-refractivity contribution < 1.29 is 18.4 Å². The Bertz CT molecular complexity index is 939. The van der Waals surface area contributed by atoms with E-state index < -0.39 is 17.9 Å². The first-order valence-corrected chi connectivity index (χ1v) is 9.62. The number of alkyl halides is 2. The highest BCUT2D eigenvalue weighted by atomic mass is 19.3. The van der Waals surface area contributed by atoms with E-state index in [1.165, 1.54) is 15.9 Å². The molecule has 0 bridgehead atoms. The maximum absolute atomic E-state index is 13.3. The lowest BCUT2D eigenvalue weighted by atomic mass is 10.1. The van der Waals surface area contributed by atoms with E-state index in [0.29, 0.717) is 31.7 Å². The summed E-state index contributed by atoms with van der Waals surface area (Å²) in [6, 6.07) is 1.09. The number of fused-ring (bicyclic) bond motifs is 1. The lowest BCUT2D eigenvalue weighted by Crippen LogP contribution is -2.47. The minimum Gasteiger partial charge on any atom is -0.337 e. The molecule has 2 atom stereocenters. The molecule has 0 radical (unpaired) electrons. The first-order valence-electron chi connectivity index (χ1n) is 9.62. The molecule has 4 rings (SSSR count). The number of aromatic nitrogens is 5. The highest BCUT2D eigenvalue weighted by molar-refractivity contribution is 6.00. The van der Waals surface area contributed by atoms with Gasteiger partial charge in [-0.3, -0.25) is 19.2 Å². The fourth-order valence-electron chi connectivity index (χ4n) is 3.99. The van der Waals surface area contributed by atoms with Gasteiger partial charge in [-0.15, -0.1) is 5.10 Å². The van der Waals surface area contributed by atoms with Gasteiger partial charge in [0, 0.05) is 39.0 Å². The summed E-state index contributed by atoms with van der Waals surface area (Å²) in [5.74, 6) is -3.02. The molecule has 1 unspecified atom stereocenters. The van der Waals surface area contributed by atoms with Crippen LogP contribution in [0.2, 0.25) is 0 Å². The second-order valence-corrected chi connectivity index (χ2v) is 7.83. The Morgan fingerprint density at radius 1 is 1.34 bits per heavy atom. The third-order valence-corrected chi connectivity index (χ3v) is 5.48. The van der Waals surface area contributed by atoms with E-state index in [9.17, 15) is 18.4 Å². The fourth-order valence-corrected chi connectivity index (χ4v) is 3.99. The molecule has 1 N–H and O–H groups in total. The van der Waals surface area contributed by atoms with Crippen molar-refractivity contribution in [2.45, 2.75) is 57.7 Å². The van der Waals surface area contributed by atoms with E-state index in [0.717, 1.165) is 5.69 Å². The van der Waals surface area contributed by atoms with Gasteiger partial charge in [-0.1, -0.05) is 0 Å². The molecule has 9 nitrogen and oxygen atoms in total. The monoisotopic (exact) mass is 407 g/mol. The maximum atomic E-state index is 13.3. The predicted octanol–water partition coefficient (Wildman–Crippen LogP) is 1.38. The fraction of sp³-hybridized carbons (Fsp3) is 0.611. The molecular formula is C18H23F2N7O2. The summed E-state index contributed by atoms with van der Waals surface area (Å²) in [5.41, 5.74) is 0.817. The van der Waals surface area contributed by atoms with Gasteiger partial charge in [-0.2, -0.15) is 5.10 Å². The van der Waals surface area contributed by atoms with E-state index in [-0.39, 0.29) is 30.5 Å². The molecule has 0 spiro atoms. The second kappa shape index (κ2) is 7.20. The molecule has 29 heavy (non-hydrogen) atoms. The largest absolute Gasteiger partial charge is 0.337 e.